The van der Waals surface area contributed by atoms with E-state index in [2.05, 4.69) is 4.98 Å². The van der Waals surface area contributed by atoms with Gasteiger partial charge in [-0.2, -0.15) is 0 Å². The van der Waals surface area contributed by atoms with Gasteiger partial charge in [-0.05, 0) is 23.3 Å². The standard InChI is InChI=1S/C18H14ClN3O3/c19-16-15(21-8-4-3-7-14(21)20-16)17(23)22-10-12-6-2-1-5-11(12)9-13(22)18(24)25/h1-8,13H,9-10H2,(H,24,25). The number of benzene rings is 1. The number of carbonyl (C=O) groups is 2. The molecule has 1 atom stereocenters. The molecular formula is C18H14ClN3O3. The highest BCUT2D eigenvalue weighted by atomic mass is 35.5. The van der Waals surface area contributed by atoms with E-state index in [1.165, 1.54) is 4.90 Å². The molecule has 0 aliphatic carbocycles. The number of rotatable bonds is 2. The molecule has 6 nitrogen and oxygen atoms in total. The van der Waals surface area contributed by atoms with Gasteiger partial charge in [-0.25, -0.2) is 9.78 Å². The van der Waals surface area contributed by atoms with Crippen molar-refractivity contribution in [2.24, 2.45) is 0 Å². The number of fused-ring (bicyclic) bond motifs is 2. The van der Waals surface area contributed by atoms with Gasteiger partial charge in [-0.15, -0.1) is 0 Å². The van der Waals surface area contributed by atoms with Crippen LogP contribution in [0.3, 0.4) is 0 Å². The predicted molar refractivity (Wildman–Crippen MR) is 91.6 cm³/mol. The van der Waals surface area contributed by atoms with E-state index in [-0.39, 0.29) is 23.8 Å². The molecule has 0 saturated carbocycles. The Hall–Kier alpha value is -2.86. The average Bonchev–Trinajstić information content (AvgIpc) is 2.95. The van der Waals surface area contributed by atoms with Gasteiger partial charge in [-0.3, -0.25) is 9.20 Å². The van der Waals surface area contributed by atoms with Gasteiger partial charge in [-0.1, -0.05) is 41.9 Å². The number of halogens is 1. The van der Waals surface area contributed by atoms with Gasteiger partial charge in [0.1, 0.15) is 11.7 Å². The molecule has 3 heterocycles. The summed E-state index contributed by atoms with van der Waals surface area (Å²) in [5.41, 5.74) is 2.62. The number of aliphatic carboxylic acids is 1. The number of carbonyl (C=O) groups excluding carboxylic acids is 1. The number of hydrogen-bond acceptors (Lipinski definition) is 3. The zero-order valence-electron chi connectivity index (χ0n) is 13.1. The Balaban J connectivity index is 1.80. The van der Waals surface area contributed by atoms with Gasteiger partial charge in [0.15, 0.2) is 10.8 Å². The quantitative estimate of drug-likeness (QED) is 0.766. The first-order valence-electron chi connectivity index (χ1n) is 7.79. The molecule has 0 spiro atoms. The summed E-state index contributed by atoms with van der Waals surface area (Å²) in [6.45, 7) is 0.225. The fourth-order valence-electron chi connectivity index (χ4n) is 3.25. The molecule has 0 fully saturated rings. The molecule has 1 aliphatic rings. The van der Waals surface area contributed by atoms with Gasteiger partial charge in [0.25, 0.3) is 5.91 Å². The molecule has 126 valence electrons. The third-order valence-corrected chi connectivity index (χ3v) is 4.75. The van der Waals surface area contributed by atoms with Crippen LogP contribution in [-0.2, 0) is 17.8 Å². The summed E-state index contributed by atoms with van der Waals surface area (Å²) < 4.78 is 1.59. The summed E-state index contributed by atoms with van der Waals surface area (Å²) in [7, 11) is 0. The van der Waals surface area contributed by atoms with Crippen LogP contribution in [-0.4, -0.2) is 37.3 Å². The molecule has 1 amide bonds. The van der Waals surface area contributed by atoms with Crippen LogP contribution < -0.4 is 0 Å². The van der Waals surface area contributed by atoms with Crippen molar-refractivity contribution in [3.8, 4) is 0 Å². The van der Waals surface area contributed by atoms with Crippen molar-refractivity contribution in [2.45, 2.75) is 19.0 Å². The molecule has 4 rings (SSSR count). The fourth-order valence-corrected chi connectivity index (χ4v) is 3.51. The molecule has 0 saturated heterocycles. The van der Waals surface area contributed by atoms with E-state index in [9.17, 15) is 14.7 Å². The van der Waals surface area contributed by atoms with Crippen molar-refractivity contribution < 1.29 is 14.7 Å². The normalized spacial score (nSPS) is 16.7. The third kappa shape index (κ3) is 2.55. The fraction of sp³-hybridized carbons (Fsp3) is 0.167. The smallest absolute Gasteiger partial charge is 0.326 e. The summed E-state index contributed by atoms with van der Waals surface area (Å²) in [5.74, 6) is -1.47. The molecule has 1 N–H and O–H groups in total. The SMILES string of the molecule is O=C(O)C1Cc2ccccc2CN1C(=O)c1c(Cl)nc2ccccn12. The van der Waals surface area contributed by atoms with Gasteiger partial charge in [0.05, 0.1) is 0 Å². The predicted octanol–water partition coefficient (Wildman–Crippen LogP) is 2.64. The van der Waals surface area contributed by atoms with Crippen molar-refractivity contribution in [1.29, 1.82) is 0 Å². The van der Waals surface area contributed by atoms with Gasteiger partial charge >= 0.3 is 5.97 Å². The minimum atomic E-state index is -1.03. The minimum absolute atomic E-state index is 0.0687. The van der Waals surface area contributed by atoms with Gasteiger partial charge in [0, 0.05) is 19.2 Å². The van der Waals surface area contributed by atoms with Gasteiger partial charge < -0.3 is 10.0 Å². The Bertz CT molecular complexity index is 998. The number of amides is 1. The molecule has 1 unspecified atom stereocenters. The lowest BCUT2D eigenvalue weighted by Gasteiger charge is -2.34. The number of imidazole rings is 1. The molecule has 25 heavy (non-hydrogen) atoms. The molecule has 0 bridgehead atoms. The van der Waals surface area contributed by atoms with Crippen LogP contribution in [0.5, 0.6) is 0 Å². The second-order valence-electron chi connectivity index (χ2n) is 5.94. The summed E-state index contributed by atoms with van der Waals surface area (Å²) in [6.07, 6.45) is 1.96. The minimum Gasteiger partial charge on any atom is -0.480 e. The number of pyridine rings is 1. The summed E-state index contributed by atoms with van der Waals surface area (Å²) >= 11 is 6.18. The Kier molecular flexibility index (Phi) is 3.69. The van der Waals surface area contributed by atoms with Crippen LogP contribution >= 0.6 is 11.6 Å². The maximum absolute atomic E-state index is 13.1. The highest BCUT2D eigenvalue weighted by Crippen LogP contribution is 2.27. The van der Waals surface area contributed by atoms with Crippen LogP contribution in [0.15, 0.2) is 48.7 Å². The molecule has 1 aliphatic heterocycles. The van der Waals surface area contributed by atoms with Crippen molar-refractivity contribution >= 4 is 29.1 Å². The summed E-state index contributed by atoms with van der Waals surface area (Å²) in [5, 5.41) is 9.68. The monoisotopic (exact) mass is 355 g/mol. The van der Waals surface area contributed by atoms with Crippen molar-refractivity contribution in [3.63, 3.8) is 0 Å². The first-order chi connectivity index (χ1) is 12.1. The van der Waals surface area contributed by atoms with Crippen LogP contribution in [0.25, 0.3) is 5.65 Å². The molecule has 1 aromatic carbocycles. The van der Waals surface area contributed by atoms with Crippen LogP contribution in [0.1, 0.15) is 21.6 Å². The first kappa shape index (κ1) is 15.7. The Morgan fingerprint density at radius 1 is 1.12 bits per heavy atom. The number of carboxylic acids is 1. The molecule has 0 radical (unpaired) electrons. The topological polar surface area (TPSA) is 74.9 Å². The average molecular weight is 356 g/mol. The maximum Gasteiger partial charge on any atom is 0.326 e. The van der Waals surface area contributed by atoms with Crippen LogP contribution in [0.2, 0.25) is 5.15 Å². The Morgan fingerprint density at radius 2 is 1.84 bits per heavy atom. The van der Waals surface area contributed by atoms with E-state index in [4.69, 9.17) is 11.6 Å². The van der Waals surface area contributed by atoms with Crippen LogP contribution in [0, 0.1) is 0 Å². The van der Waals surface area contributed by atoms with E-state index >= 15 is 0 Å². The first-order valence-corrected chi connectivity index (χ1v) is 8.17. The lowest BCUT2D eigenvalue weighted by Crippen LogP contribution is -2.49. The highest BCUT2D eigenvalue weighted by molar-refractivity contribution is 6.32. The van der Waals surface area contributed by atoms with Gasteiger partial charge in [0.2, 0.25) is 0 Å². The molecule has 7 heteroatoms. The second kappa shape index (κ2) is 5.89. The molecule has 3 aromatic rings. The Morgan fingerprint density at radius 3 is 2.60 bits per heavy atom. The zero-order chi connectivity index (χ0) is 17.6. The van der Waals surface area contributed by atoms with E-state index < -0.39 is 17.9 Å². The number of nitrogens with zero attached hydrogens (tertiary/aromatic N) is 3. The van der Waals surface area contributed by atoms with Crippen molar-refractivity contribution in [3.05, 3.63) is 70.6 Å². The summed E-state index contributed by atoms with van der Waals surface area (Å²) in [6, 6.07) is 11.9. The number of hydrogen-bond donors (Lipinski definition) is 1. The zero-order valence-corrected chi connectivity index (χ0v) is 13.8. The highest BCUT2D eigenvalue weighted by Gasteiger charge is 2.36. The largest absolute Gasteiger partial charge is 0.480 e. The van der Waals surface area contributed by atoms with E-state index in [1.54, 1.807) is 28.8 Å². The number of aromatic nitrogens is 2. The lowest BCUT2D eigenvalue weighted by atomic mass is 9.93. The van der Waals surface area contributed by atoms with E-state index in [0.29, 0.717) is 5.65 Å². The molecule has 2 aromatic heterocycles. The Labute approximate surface area is 148 Å². The lowest BCUT2D eigenvalue weighted by molar-refractivity contribution is -0.142. The van der Waals surface area contributed by atoms with Crippen molar-refractivity contribution in [2.75, 3.05) is 0 Å². The van der Waals surface area contributed by atoms with E-state index in [1.807, 2.05) is 24.3 Å². The summed E-state index contributed by atoms with van der Waals surface area (Å²) in [4.78, 5) is 30.4. The number of carboxylic acid groups (broad SMARTS) is 1. The van der Waals surface area contributed by atoms with Crippen LogP contribution in [0.4, 0.5) is 0 Å². The van der Waals surface area contributed by atoms with E-state index in [0.717, 1.165) is 11.1 Å². The third-order valence-electron chi connectivity index (χ3n) is 4.48. The van der Waals surface area contributed by atoms with Crippen molar-refractivity contribution in [1.82, 2.24) is 14.3 Å². The maximum atomic E-state index is 13.1. The molecular weight excluding hydrogens is 342 g/mol. The second-order valence-corrected chi connectivity index (χ2v) is 6.30.